The number of aliphatic hydroxyl groups is 1. The maximum absolute atomic E-state index is 11.8. The van der Waals surface area contributed by atoms with Gasteiger partial charge in [-0.2, -0.15) is 0 Å². The number of anilines is 1. The van der Waals surface area contributed by atoms with Crippen LogP contribution in [0.25, 0.3) is 10.8 Å². The minimum Gasteiger partial charge on any atom is -0.391 e. The van der Waals surface area contributed by atoms with Gasteiger partial charge in [0.15, 0.2) is 0 Å². The number of pyridine rings is 1. The van der Waals surface area contributed by atoms with Gasteiger partial charge in [-0.05, 0) is 18.2 Å². The summed E-state index contributed by atoms with van der Waals surface area (Å²) in [5.41, 5.74) is 0.808. The number of carbonyl (C=O) groups excluding carboxylic acids is 1. The Bertz CT molecular complexity index is 629. The maximum Gasteiger partial charge on any atom is 0.229 e. The molecule has 1 aliphatic rings. The Morgan fingerprint density at radius 3 is 2.89 bits per heavy atom. The Balaban J connectivity index is 2.18. The molecule has 3 rings (SSSR count). The molecule has 92 valence electrons. The van der Waals surface area contributed by atoms with Crippen LogP contribution in [0.3, 0.4) is 0 Å². The molecule has 5 heteroatoms. The number of aliphatic hydroxyl groups excluding tert-OH is 1. The molecule has 0 bridgehead atoms. The van der Waals surface area contributed by atoms with E-state index in [0.717, 1.165) is 20.9 Å². The molecule has 0 spiro atoms. The van der Waals surface area contributed by atoms with E-state index in [1.165, 1.54) is 0 Å². The Labute approximate surface area is 112 Å². The van der Waals surface area contributed by atoms with Gasteiger partial charge in [0.05, 0.1) is 24.8 Å². The lowest BCUT2D eigenvalue weighted by Crippen LogP contribution is -2.25. The first-order chi connectivity index (χ1) is 8.66. The van der Waals surface area contributed by atoms with Gasteiger partial charge in [0, 0.05) is 27.6 Å². The Morgan fingerprint density at radius 1 is 1.33 bits per heavy atom. The Hall–Kier alpha value is -1.46. The van der Waals surface area contributed by atoms with Crippen LogP contribution in [0.4, 0.5) is 5.69 Å². The summed E-state index contributed by atoms with van der Waals surface area (Å²) in [6.45, 7) is 0.352. The quantitative estimate of drug-likeness (QED) is 0.878. The first-order valence-electron chi connectivity index (χ1n) is 5.67. The smallest absolute Gasteiger partial charge is 0.229 e. The summed E-state index contributed by atoms with van der Waals surface area (Å²) in [7, 11) is 0. The summed E-state index contributed by atoms with van der Waals surface area (Å²) in [4.78, 5) is 17.6. The van der Waals surface area contributed by atoms with Gasteiger partial charge in [0.1, 0.15) is 0 Å². The first kappa shape index (κ1) is 11.6. The predicted molar refractivity (Wildman–Crippen MR) is 72.4 cm³/mol. The van der Waals surface area contributed by atoms with Crippen LogP contribution < -0.4 is 4.90 Å². The lowest BCUT2D eigenvalue weighted by Gasteiger charge is -2.18. The number of hydrogen-bond acceptors (Lipinski definition) is 3. The molecular formula is C13H11BrN2O2. The normalized spacial score (nSPS) is 19.8. The minimum atomic E-state index is -0.576. The van der Waals surface area contributed by atoms with Gasteiger partial charge in [0.25, 0.3) is 0 Å². The van der Waals surface area contributed by atoms with E-state index in [2.05, 4.69) is 20.9 Å². The molecule has 18 heavy (non-hydrogen) atoms. The van der Waals surface area contributed by atoms with Gasteiger partial charge in [-0.25, -0.2) is 0 Å². The number of halogens is 1. The zero-order chi connectivity index (χ0) is 12.7. The van der Waals surface area contributed by atoms with Crippen LogP contribution in [0.5, 0.6) is 0 Å². The summed E-state index contributed by atoms with van der Waals surface area (Å²) in [6.07, 6.45) is 3.08. The van der Waals surface area contributed by atoms with Crippen molar-refractivity contribution >= 4 is 38.3 Å². The lowest BCUT2D eigenvalue weighted by atomic mass is 10.1. The number of rotatable bonds is 1. The first-order valence-corrected chi connectivity index (χ1v) is 6.47. The van der Waals surface area contributed by atoms with E-state index in [1.54, 1.807) is 17.3 Å². The van der Waals surface area contributed by atoms with E-state index >= 15 is 0 Å². The van der Waals surface area contributed by atoms with Crippen LogP contribution in [0.15, 0.2) is 35.1 Å². The fourth-order valence-corrected chi connectivity index (χ4v) is 2.77. The zero-order valence-electron chi connectivity index (χ0n) is 9.51. The average Bonchev–Trinajstić information content (AvgIpc) is 2.69. The molecular weight excluding hydrogens is 296 g/mol. The number of hydrogen-bond donors (Lipinski definition) is 1. The second-order valence-corrected chi connectivity index (χ2v) is 5.20. The van der Waals surface area contributed by atoms with Crippen molar-refractivity contribution in [3.05, 3.63) is 35.1 Å². The third-order valence-electron chi connectivity index (χ3n) is 3.14. The summed E-state index contributed by atoms with van der Waals surface area (Å²) in [5.74, 6) is -0.0463. The van der Waals surface area contributed by atoms with E-state index in [0.29, 0.717) is 6.54 Å². The molecule has 1 amide bonds. The maximum atomic E-state index is 11.8. The van der Waals surface area contributed by atoms with Gasteiger partial charge < -0.3 is 10.0 Å². The highest BCUT2D eigenvalue weighted by molar-refractivity contribution is 9.10. The molecule has 0 radical (unpaired) electrons. The van der Waals surface area contributed by atoms with Crippen molar-refractivity contribution in [3.63, 3.8) is 0 Å². The predicted octanol–water partition coefficient (Wildman–Crippen LogP) is 2.09. The van der Waals surface area contributed by atoms with Crippen LogP contribution in [-0.2, 0) is 4.79 Å². The molecule has 1 atom stereocenters. The van der Waals surface area contributed by atoms with E-state index in [-0.39, 0.29) is 12.3 Å². The van der Waals surface area contributed by atoms with Crippen molar-refractivity contribution in [3.8, 4) is 0 Å². The monoisotopic (exact) mass is 306 g/mol. The number of amides is 1. The van der Waals surface area contributed by atoms with Crippen LogP contribution in [-0.4, -0.2) is 28.6 Å². The molecule has 1 aliphatic heterocycles. The lowest BCUT2D eigenvalue weighted by molar-refractivity contribution is -0.117. The number of nitrogens with zero attached hydrogens (tertiary/aromatic N) is 2. The second-order valence-electron chi connectivity index (χ2n) is 4.35. The molecule has 1 N–H and O–H groups in total. The zero-order valence-corrected chi connectivity index (χ0v) is 11.1. The highest BCUT2D eigenvalue weighted by Crippen LogP contribution is 2.33. The van der Waals surface area contributed by atoms with E-state index in [4.69, 9.17) is 0 Å². The molecule has 1 unspecified atom stereocenters. The van der Waals surface area contributed by atoms with E-state index < -0.39 is 6.10 Å². The standard InChI is InChI=1S/C13H11BrN2O2/c14-11-1-2-12(10-6-15-4-3-9(10)11)16-7-8(17)5-13(16)18/h1-4,6,8,17H,5,7H2. The summed E-state index contributed by atoms with van der Waals surface area (Å²) >= 11 is 3.49. The van der Waals surface area contributed by atoms with Crippen molar-refractivity contribution in [1.29, 1.82) is 0 Å². The van der Waals surface area contributed by atoms with Crippen molar-refractivity contribution in [2.75, 3.05) is 11.4 Å². The van der Waals surface area contributed by atoms with Crippen LogP contribution >= 0.6 is 15.9 Å². The molecule has 0 aliphatic carbocycles. The van der Waals surface area contributed by atoms with Crippen molar-refractivity contribution in [2.45, 2.75) is 12.5 Å². The molecule has 1 fully saturated rings. The van der Waals surface area contributed by atoms with E-state index in [9.17, 15) is 9.90 Å². The average molecular weight is 307 g/mol. The third-order valence-corrected chi connectivity index (χ3v) is 3.83. The van der Waals surface area contributed by atoms with Gasteiger partial charge in [-0.1, -0.05) is 15.9 Å². The third kappa shape index (κ3) is 1.79. The second kappa shape index (κ2) is 4.33. The molecule has 2 heterocycles. The fourth-order valence-electron chi connectivity index (χ4n) is 2.30. The van der Waals surface area contributed by atoms with Crippen molar-refractivity contribution in [1.82, 2.24) is 4.98 Å². The largest absolute Gasteiger partial charge is 0.391 e. The molecule has 1 aromatic heterocycles. The topological polar surface area (TPSA) is 53.4 Å². The minimum absolute atomic E-state index is 0.0463. The van der Waals surface area contributed by atoms with Crippen molar-refractivity contribution in [2.24, 2.45) is 0 Å². The van der Waals surface area contributed by atoms with Gasteiger partial charge in [-0.15, -0.1) is 0 Å². The fraction of sp³-hybridized carbons (Fsp3) is 0.231. The molecule has 1 saturated heterocycles. The number of fused-ring (bicyclic) bond motifs is 1. The molecule has 4 nitrogen and oxygen atoms in total. The molecule has 0 saturated carbocycles. The molecule has 2 aromatic rings. The highest BCUT2D eigenvalue weighted by Gasteiger charge is 2.30. The van der Waals surface area contributed by atoms with Crippen LogP contribution in [0, 0.1) is 0 Å². The SMILES string of the molecule is O=C1CC(O)CN1c1ccc(Br)c2ccncc12. The summed E-state index contributed by atoms with van der Waals surface area (Å²) in [5, 5.41) is 11.5. The summed E-state index contributed by atoms with van der Waals surface area (Å²) < 4.78 is 0.968. The van der Waals surface area contributed by atoms with Crippen LogP contribution in [0.1, 0.15) is 6.42 Å². The number of aromatic nitrogens is 1. The van der Waals surface area contributed by atoms with Crippen molar-refractivity contribution < 1.29 is 9.90 Å². The van der Waals surface area contributed by atoms with Crippen LogP contribution in [0.2, 0.25) is 0 Å². The highest BCUT2D eigenvalue weighted by atomic mass is 79.9. The number of β-amino-alcohol motifs (C(OH)–C–C–N with tert-alkyl or cyclic N) is 1. The van der Waals surface area contributed by atoms with Gasteiger partial charge in [-0.3, -0.25) is 9.78 Å². The van der Waals surface area contributed by atoms with Gasteiger partial charge >= 0.3 is 0 Å². The number of carbonyl (C=O) groups is 1. The Kier molecular flexibility index (Phi) is 2.80. The molecule has 1 aromatic carbocycles. The van der Waals surface area contributed by atoms with Gasteiger partial charge in [0.2, 0.25) is 5.91 Å². The summed E-state index contributed by atoms with van der Waals surface area (Å²) in [6, 6.07) is 5.69. The Morgan fingerprint density at radius 2 is 2.17 bits per heavy atom. The van der Waals surface area contributed by atoms with E-state index in [1.807, 2.05) is 18.2 Å². The number of benzene rings is 1.